The minimum atomic E-state index is -1.19. The highest BCUT2D eigenvalue weighted by Crippen LogP contribution is 2.49. The van der Waals surface area contributed by atoms with E-state index in [0.717, 1.165) is 12.8 Å². The van der Waals surface area contributed by atoms with E-state index in [1.165, 1.54) is 14.2 Å². The number of methoxy groups -OCH3 is 2. The molecule has 0 atom stereocenters. The first-order chi connectivity index (χ1) is 9.47. The Hall–Kier alpha value is -1.30. The fourth-order valence-corrected chi connectivity index (χ4v) is 3.67. The third-order valence-corrected chi connectivity index (χ3v) is 4.53. The first-order valence-electron chi connectivity index (χ1n) is 6.31. The number of halogens is 2. The predicted octanol–water partition coefficient (Wildman–Crippen LogP) is 3.50. The SMILES string of the molecule is COc1cc(Br)c(C2(C(=O)O)CCCC2)c(F)c1OC. The highest BCUT2D eigenvalue weighted by Gasteiger charge is 2.47. The Morgan fingerprint density at radius 3 is 2.40 bits per heavy atom. The van der Waals surface area contributed by atoms with E-state index in [1.807, 2.05) is 0 Å². The minimum Gasteiger partial charge on any atom is -0.493 e. The van der Waals surface area contributed by atoms with Crippen LogP contribution in [0.3, 0.4) is 0 Å². The molecule has 0 aliphatic heterocycles. The number of carboxylic acids is 1. The summed E-state index contributed by atoms with van der Waals surface area (Å²) >= 11 is 3.28. The van der Waals surface area contributed by atoms with Gasteiger partial charge >= 0.3 is 5.97 Å². The van der Waals surface area contributed by atoms with Crippen LogP contribution in [0.5, 0.6) is 11.5 Å². The lowest BCUT2D eigenvalue weighted by atomic mass is 9.78. The lowest BCUT2D eigenvalue weighted by molar-refractivity contribution is -0.143. The summed E-state index contributed by atoms with van der Waals surface area (Å²) in [5, 5.41) is 9.60. The van der Waals surface area contributed by atoms with Gasteiger partial charge in [0, 0.05) is 10.0 Å². The Labute approximate surface area is 125 Å². The van der Waals surface area contributed by atoms with Crippen LogP contribution in [0.4, 0.5) is 4.39 Å². The second kappa shape index (κ2) is 5.60. The van der Waals surface area contributed by atoms with Crippen molar-refractivity contribution >= 4 is 21.9 Å². The molecule has 20 heavy (non-hydrogen) atoms. The van der Waals surface area contributed by atoms with Crippen LogP contribution < -0.4 is 9.47 Å². The number of hydrogen-bond acceptors (Lipinski definition) is 3. The van der Waals surface area contributed by atoms with Gasteiger partial charge < -0.3 is 14.6 Å². The molecule has 1 aliphatic rings. The van der Waals surface area contributed by atoms with Crippen LogP contribution in [-0.2, 0) is 10.2 Å². The van der Waals surface area contributed by atoms with E-state index in [0.29, 0.717) is 17.3 Å². The summed E-state index contributed by atoms with van der Waals surface area (Å²) in [6.07, 6.45) is 2.39. The summed E-state index contributed by atoms with van der Waals surface area (Å²) in [4.78, 5) is 11.7. The molecule has 0 aromatic heterocycles. The molecule has 0 unspecified atom stereocenters. The number of carboxylic acid groups (broad SMARTS) is 1. The van der Waals surface area contributed by atoms with Crippen molar-refractivity contribution in [1.82, 2.24) is 0 Å². The summed E-state index contributed by atoms with van der Waals surface area (Å²) < 4.78 is 25.2. The lowest BCUT2D eigenvalue weighted by Gasteiger charge is -2.27. The van der Waals surface area contributed by atoms with E-state index in [4.69, 9.17) is 9.47 Å². The summed E-state index contributed by atoms with van der Waals surface area (Å²) in [6.45, 7) is 0. The molecule has 1 fully saturated rings. The number of rotatable bonds is 4. The van der Waals surface area contributed by atoms with E-state index < -0.39 is 17.2 Å². The Balaban J connectivity index is 2.70. The Bertz CT molecular complexity index is 538. The zero-order valence-corrected chi connectivity index (χ0v) is 12.9. The van der Waals surface area contributed by atoms with Crippen LogP contribution in [0.15, 0.2) is 10.5 Å². The van der Waals surface area contributed by atoms with Crippen molar-refractivity contribution in [3.8, 4) is 11.5 Å². The van der Waals surface area contributed by atoms with Crippen molar-refractivity contribution in [3.63, 3.8) is 0 Å². The first kappa shape index (κ1) is 15.1. The number of carbonyl (C=O) groups is 1. The largest absolute Gasteiger partial charge is 0.493 e. The van der Waals surface area contributed by atoms with E-state index in [2.05, 4.69) is 15.9 Å². The summed E-state index contributed by atoms with van der Waals surface area (Å²) in [7, 11) is 2.74. The van der Waals surface area contributed by atoms with Crippen LogP contribution in [0, 0.1) is 5.82 Å². The molecule has 2 rings (SSSR count). The van der Waals surface area contributed by atoms with Crippen LogP contribution in [-0.4, -0.2) is 25.3 Å². The maximum Gasteiger partial charge on any atom is 0.314 e. The molecule has 6 heteroatoms. The normalized spacial score (nSPS) is 17.0. The topological polar surface area (TPSA) is 55.8 Å². The van der Waals surface area contributed by atoms with Gasteiger partial charge in [0.25, 0.3) is 0 Å². The standard InChI is InChI=1S/C14H16BrFO4/c1-19-9-7-8(15)10(11(16)12(9)20-2)14(13(17)18)5-3-4-6-14/h7H,3-6H2,1-2H3,(H,17,18). The average molecular weight is 347 g/mol. The van der Waals surface area contributed by atoms with Crippen molar-refractivity contribution in [2.24, 2.45) is 0 Å². The average Bonchev–Trinajstić information content (AvgIpc) is 2.88. The van der Waals surface area contributed by atoms with Gasteiger partial charge in [-0.3, -0.25) is 4.79 Å². The number of hydrogen-bond donors (Lipinski definition) is 1. The zero-order chi connectivity index (χ0) is 14.9. The fraction of sp³-hybridized carbons (Fsp3) is 0.500. The third kappa shape index (κ3) is 2.16. The zero-order valence-electron chi connectivity index (χ0n) is 11.3. The van der Waals surface area contributed by atoms with Gasteiger partial charge in [-0.25, -0.2) is 4.39 Å². The van der Waals surface area contributed by atoms with Gasteiger partial charge in [0.2, 0.25) is 0 Å². The minimum absolute atomic E-state index is 0.0572. The summed E-state index contributed by atoms with van der Waals surface area (Å²) in [5.41, 5.74) is -1.04. The van der Waals surface area contributed by atoms with Crippen molar-refractivity contribution < 1.29 is 23.8 Å². The van der Waals surface area contributed by atoms with E-state index in [1.54, 1.807) is 6.07 Å². The molecular weight excluding hydrogens is 331 g/mol. The second-order valence-corrected chi connectivity index (χ2v) is 5.73. The molecule has 0 bridgehead atoms. The van der Waals surface area contributed by atoms with Crippen molar-refractivity contribution in [3.05, 3.63) is 21.9 Å². The molecule has 1 N–H and O–H groups in total. The van der Waals surface area contributed by atoms with Crippen molar-refractivity contribution in [2.45, 2.75) is 31.1 Å². The number of aliphatic carboxylic acids is 1. The van der Waals surface area contributed by atoms with Crippen LogP contribution in [0.25, 0.3) is 0 Å². The number of benzene rings is 1. The molecule has 1 aromatic rings. The maximum absolute atomic E-state index is 14.7. The summed E-state index contributed by atoms with van der Waals surface area (Å²) in [5.74, 6) is -1.48. The first-order valence-corrected chi connectivity index (χ1v) is 7.11. The van der Waals surface area contributed by atoms with Crippen molar-refractivity contribution in [2.75, 3.05) is 14.2 Å². The fourth-order valence-electron chi connectivity index (χ4n) is 2.91. The van der Waals surface area contributed by atoms with E-state index >= 15 is 0 Å². The Kier molecular flexibility index (Phi) is 4.22. The molecule has 0 heterocycles. The molecule has 1 aromatic carbocycles. The van der Waals surface area contributed by atoms with Crippen LogP contribution in [0.1, 0.15) is 31.2 Å². The number of ether oxygens (including phenoxy) is 2. The van der Waals surface area contributed by atoms with E-state index in [9.17, 15) is 14.3 Å². The molecule has 110 valence electrons. The van der Waals surface area contributed by atoms with E-state index in [-0.39, 0.29) is 17.1 Å². The monoisotopic (exact) mass is 346 g/mol. The maximum atomic E-state index is 14.7. The van der Waals surface area contributed by atoms with Gasteiger partial charge in [0.05, 0.1) is 19.6 Å². The van der Waals surface area contributed by atoms with Gasteiger partial charge in [0.1, 0.15) is 0 Å². The van der Waals surface area contributed by atoms with Gasteiger partial charge in [-0.2, -0.15) is 0 Å². The molecule has 4 nitrogen and oxygen atoms in total. The lowest BCUT2D eigenvalue weighted by Crippen LogP contribution is -2.34. The quantitative estimate of drug-likeness (QED) is 0.906. The molecule has 1 saturated carbocycles. The molecule has 0 amide bonds. The predicted molar refractivity (Wildman–Crippen MR) is 75.0 cm³/mol. The van der Waals surface area contributed by atoms with Crippen LogP contribution >= 0.6 is 15.9 Å². The smallest absolute Gasteiger partial charge is 0.314 e. The third-order valence-electron chi connectivity index (χ3n) is 3.91. The van der Waals surface area contributed by atoms with Gasteiger partial charge in [-0.1, -0.05) is 28.8 Å². The Morgan fingerprint density at radius 2 is 1.95 bits per heavy atom. The molecular formula is C14H16BrFO4. The van der Waals surface area contributed by atoms with Crippen molar-refractivity contribution in [1.29, 1.82) is 0 Å². The summed E-state index contributed by atoms with van der Waals surface area (Å²) in [6, 6.07) is 1.56. The molecule has 0 spiro atoms. The highest BCUT2D eigenvalue weighted by molar-refractivity contribution is 9.10. The van der Waals surface area contributed by atoms with Gasteiger partial charge in [-0.05, 0) is 18.9 Å². The highest BCUT2D eigenvalue weighted by atomic mass is 79.9. The van der Waals surface area contributed by atoms with Gasteiger partial charge in [0.15, 0.2) is 17.3 Å². The Morgan fingerprint density at radius 1 is 1.35 bits per heavy atom. The van der Waals surface area contributed by atoms with Gasteiger partial charge in [-0.15, -0.1) is 0 Å². The second-order valence-electron chi connectivity index (χ2n) is 4.88. The molecule has 0 saturated heterocycles. The van der Waals surface area contributed by atoms with Crippen LogP contribution in [0.2, 0.25) is 0 Å². The molecule has 0 radical (unpaired) electrons. The molecule has 1 aliphatic carbocycles.